The zero-order valence-corrected chi connectivity index (χ0v) is 8.69. The van der Waals surface area contributed by atoms with Crippen LogP contribution in [0.25, 0.3) is 0 Å². The minimum atomic E-state index is -1.82. The van der Waals surface area contributed by atoms with Gasteiger partial charge in [0.1, 0.15) is 0 Å². The van der Waals surface area contributed by atoms with Gasteiger partial charge in [0, 0.05) is 15.7 Å². The molecule has 0 bridgehead atoms. The first-order chi connectivity index (χ1) is 6.59. The van der Waals surface area contributed by atoms with Gasteiger partial charge in [-0.1, -0.05) is 11.6 Å². The molecule has 0 spiro atoms. The standard InChI is InChI=1S/C9H8ClFO2S/c10-6-1-3-7(4-2-6)14-5-8(11)9(12)13/h1-4,8H,5H2,(H,12,13). The normalized spacial score (nSPS) is 12.4. The predicted molar refractivity (Wildman–Crippen MR) is 54.7 cm³/mol. The molecule has 1 aromatic rings. The molecular formula is C9H8ClFO2S. The fraction of sp³-hybridized carbons (Fsp3) is 0.222. The summed E-state index contributed by atoms with van der Waals surface area (Å²) in [5.74, 6) is -1.51. The molecule has 1 N–H and O–H groups in total. The van der Waals surface area contributed by atoms with Crippen LogP contribution in [0.2, 0.25) is 5.02 Å². The molecule has 0 saturated heterocycles. The van der Waals surface area contributed by atoms with E-state index in [1.165, 1.54) is 0 Å². The maximum atomic E-state index is 12.6. The Morgan fingerprint density at radius 2 is 2.07 bits per heavy atom. The van der Waals surface area contributed by atoms with E-state index in [0.29, 0.717) is 5.02 Å². The topological polar surface area (TPSA) is 37.3 Å². The maximum Gasteiger partial charge on any atom is 0.339 e. The van der Waals surface area contributed by atoms with Gasteiger partial charge in [-0.25, -0.2) is 9.18 Å². The smallest absolute Gasteiger partial charge is 0.339 e. The van der Waals surface area contributed by atoms with Crippen LogP contribution in [0.5, 0.6) is 0 Å². The summed E-state index contributed by atoms with van der Waals surface area (Å²) in [5.41, 5.74) is 0. The molecule has 1 aromatic carbocycles. The summed E-state index contributed by atoms with van der Waals surface area (Å²) in [5, 5.41) is 8.90. The Labute approximate surface area is 90.1 Å². The number of thioether (sulfide) groups is 1. The molecule has 0 aliphatic carbocycles. The number of aliphatic carboxylic acids is 1. The summed E-state index contributed by atoms with van der Waals surface area (Å²) in [6.45, 7) is 0. The number of hydrogen-bond acceptors (Lipinski definition) is 2. The number of alkyl halides is 1. The van der Waals surface area contributed by atoms with Crippen LogP contribution in [0, 0.1) is 0 Å². The van der Waals surface area contributed by atoms with Crippen molar-refractivity contribution in [3.8, 4) is 0 Å². The average Bonchev–Trinajstić information content (AvgIpc) is 2.16. The summed E-state index contributed by atoms with van der Waals surface area (Å²) < 4.78 is 12.6. The summed E-state index contributed by atoms with van der Waals surface area (Å²) in [7, 11) is 0. The number of carboxylic acid groups (broad SMARTS) is 1. The molecule has 14 heavy (non-hydrogen) atoms. The highest BCUT2D eigenvalue weighted by atomic mass is 35.5. The minimum absolute atomic E-state index is 0.0863. The van der Waals surface area contributed by atoms with Gasteiger partial charge in [-0.15, -0.1) is 11.8 Å². The van der Waals surface area contributed by atoms with Crippen molar-refractivity contribution < 1.29 is 14.3 Å². The molecule has 0 heterocycles. The van der Waals surface area contributed by atoms with Gasteiger partial charge in [0.25, 0.3) is 0 Å². The minimum Gasteiger partial charge on any atom is -0.479 e. The second-order valence-electron chi connectivity index (χ2n) is 2.57. The van der Waals surface area contributed by atoms with E-state index in [1.54, 1.807) is 24.3 Å². The molecule has 0 aliphatic rings. The number of carboxylic acids is 1. The fourth-order valence-electron chi connectivity index (χ4n) is 0.771. The van der Waals surface area contributed by atoms with E-state index in [-0.39, 0.29) is 5.75 Å². The lowest BCUT2D eigenvalue weighted by Gasteiger charge is -2.02. The van der Waals surface area contributed by atoms with Crippen molar-refractivity contribution >= 4 is 29.3 Å². The van der Waals surface area contributed by atoms with Gasteiger partial charge >= 0.3 is 5.97 Å². The number of halogens is 2. The molecule has 2 nitrogen and oxygen atoms in total. The molecule has 0 aliphatic heterocycles. The molecule has 0 radical (unpaired) electrons. The number of benzene rings is 1. The number of rotatable bonds is 4. The third-order valence-corrected chi connectivity index (χ3v) is 2.79. The van der Waals surface area contributed by atoms with Crippen molar-refractivity contribution in [2.75, 3.05) is 5.75 Å². The lowest BCUT2D eigenvalue weighted by molar-refractivity contribution is -0.141. The summed E-state index contributed by atoms with van der Waals surface area (Å²) in [6.07, 6.45) is -1.82. The van der Waals surface area contributed by atoms with Gasteiger partial charge in [0.2, 0.25) is 6.17 Å². The SMILES string of the molecule is O=C(O)C(F)CSc1ccc(Cl)cc1. The summed E-state index contributed by atoms with van der Waals surface area (Å²) in [6, 6.07) is 6.80. The largest absolute Gasteiger partial charge is 0.479 e. The van der Waals surface area contributed by atoms with Crippen molar-refractivity contribution in [1.82, 2.24) is 0 Å². The van der Waals surface area contributed by atoms with E-state index >= 15 is 0 Å². The van der Waals surface area contributed by atoms with Crippen LogP contribution in [0.15, 0.2) is 29.2 Å². The molecule has 1 atom stereocenters. The van der Waals surface area contributed by atoms with Gasteiger partial charge in [0.15, 0.2) is 0 Å². The Morgan fingerprint density at radius 3 is 2.57 bits per heavy atom. The van der Waals surface area contributed by atoms with E-state index in [0.717, 1.165) is 16.7 Å². The maximum absolute atomic E-state index is 12.6. The lowest BCUT2D eigenvalue weighted by atomic mass is 10.4. The van der Waals surface area contributed by atoms with Crippen LogP contribution in [0.3, 0.4) is 0 Å². The second kappa shape index (κ2) is 5.22. The zero-order valence-electron chi connectivity index (χ0n) is 7.11. The predicted octanol–water partition coefficient (Wildman–Crippen LogP) is 2.85. The van der Waals surface area contributed by atoms with Gasteiger partial charge < -0.3 is 5.11 Å². The molecule has 76 valence electrons. The first-order valence-corrected chi connectivity index (χ1v) is 5.21. The van der Waals surface area contributed by atoms with Gasteiger partial charge in [-0.2, -0.15) is 0 Å². The fourth-order valence-corrected chi connectivity index (χ4v) is 1.71. The van der Waals surface area contributed by atoms with E-state index < -0.39 is 12.1 Å². The Kier molecular flexibility index (Phi) is 4.22. The van der Waals surface area contributed by atoms with Crippen LogP contribution in [0.1, 0.15) is 0 Å². The molecule has 0 saturated carbocycles. The Morgan fingerprint density at radius 1 is 1.50 bits per heavy atom. The van der Waals surface area contributed by atoms with Crippen LogP contribution in [-0.2, 0) is 4.79 Å². The number of carbonyl (C=O) groups is 1. The van der Waals surface area contributed by atoms with E-state index in [1.807, 2.05) is 0 Å². The van der Waals surface area contributed by atoms with Gasteiger partial charge in [-0.05, 0) is 24.3 Å². The Hall–Kier alpha value is -0.740. The molecule has 5 heteroatoms. The van der Waals surface area contributed by atoms with E-state index in [9.17, 15) is 9.18 Å². The molecule has 0 fully saturated rings. The van der Waals surface area contributed by atoms with Crippen LogP contribution in [0.4, 0.5) is 4.39 Å². The van der Waals surface area contributed by atoms with Crippen molar-refractivity contribution in [2.24, 2.45) is 0 Å². The van der Waals surface area contributed by atoms with Crippen molar-refractivity contribution in [3.63, 3.8) is 0 Å². The summed E-state index contributed by atoms with van der Waals surface area (Å²) in [4.78, 5) is 11.0. The van der Waals surface area contributed by atoms with Crippen molar-refractivity contribution in [2.45, 2.75) is 11.1 Å². The highest BCUT2D eigenvalue weighted by Gasteiger charge is 2.15. The first kappa shape index (κ1) is 11.3. The third-order valence-electron chi connectivity index (χ3n) is 1.48. The van der Waals surface area contributed by atoms with Crippen molar-refractivity contribution in [3.05, 3.63) is 29.3 Å². The van der Waals surface area contributed by atoms with E-state index in [2.05, 4.69) is 0 Å². The van der Waals surface area contributed by atoms with Crippen LogP contribution in [-0.4, -0.2) is 23.0 Å². The van der Waals surface area contributed by atoms with Gasteiger partial charge in [-0.3, -0.25) is 0 Å². The van der Waals surface area contributed by atoms with E-state index in [4.69, 9.17) is 16.7 Å². The molecule has 1 unspecified atom stereocenters. The first-order valence-electron chi connectivity index (χ1n) is 3.85. The third kappa shape index (κ3) is 3.55. The average molecular weight is 235 g/mol. The zero-order chi connectivity index (χ0) is 10.6. The Bertz CT molecular complexity index is 315. The highest BCUT2D eigenvalue weighted by Crippen LogP contribution is 2.21. The Balaban J connectivity index is 2.46. The lowest BCUT2D eigenvalue weighted by Crippen LogP contribution is -2.16. The van der Waals surface area contributed by atoms with Crippen LogP contribution < -0.4 is 0 Å². The van der Waals surface area contributed by atoms with Gasteiger partial charge in [0.05, 0.1) is 0 Å². The van der Waals surface area contributed by atoms with Crippen LogP contribution >= 0.6 is 23.4 Å². The molecule has 1 rings (SSSR count). The summed E-state index contributed by atoms with van der Waals surface area (Å²) >= 11 is 6.80. The molecule has 0 aromatic heterocycles. The highest BCUT2D eigenvalue weighted by molar-refractivity contribution is 7.99. The van der Waals surface area contributed by atoms with Crippen molar-refractivity contribution in [1.29, 1.82) is 0 Å². The monoisotopic (exact) mass is 234 g/mol. The molecule has 0 amide bonds. The number of hydrogen-bond donors (Lipinski definition) is 1. The quantitative estimate of drug-likeness (QED) is 0.814. The second-order valence-corrected chi connectivity index (χ2v) is 4.10. The molecular weight excluding hydrogens is 227 g/mol.